The van der Waals surface area contributed by atoms with E-state index in [2.05, 4.69) is 145 Å². The zero-order valence-electron chi connectivity index (χ0n) is 22.2. The maximum atomic E-state index is 12.7. The van der Waals surface area contributed by atoms with E-state index in [0.717, 1.165) is 60.6 Å². The normalized spacial score (nSPS) is 11.2. The third kappa shape index (κ3) is 4.11. The van der Waals surface area contributed by atoms with Crippen LogP contribution in [0.2, 0.25) is 0 Å². The first kappa shape index (κ1) is 23.9. The SMILES string of the molecule is CC(=O)Nc1c(-c2cccc3ccccc23)cc(-c2cccc3ccccc23)cc1-c1cccc2ccccc12. The van der Waals surface area contributed by atoms with Crippen LogP contribution in [0, 0.1) is 0 Å². The van der Waals surface area contributed by atoms with Gasteiger partial charge in [0, 0.05) is 18.1 Å². The molecule has 0 saturated carbocycles. The molecule has 1 N–H and O–H groups in total. The molecule has 0 aliphatic carbocycles. The Labute approximate surface area is 233 Å². The zero-order chi connectivity index (χ0) is 27.1. The summed E-state index contributed by atoms with van der Waals surface area (Å²) in [6.45, 7) is 1.58. The summed E-state index contributed by atoms with van der Waals surface area (Å²) in [5, 5.41) is 10.3. The van der Waals surface area contributed by atoms with Gasteiger partial charge < -0.3 is 5.32 Å². The van der Waals surface area contributed by atoms with Gasteiger partial charge in [0.05, 0.1) is 5.69 Å². The number of carbonyl (C=O) groups is 1. The monoisotopic (exact) mass is 513 g/mol. The Bertz CT molecular complexity index is 1950. The maximum absolute atomic E-state index is 12.7. The van der Waals surface area contributed by atoms with Crippen molar-refractivity contribution in [2.24, 2.45) is 0 Å². The van der Waals surface area contributed by atoms with Crippen molar-refractivity contribution in [2.75, 3.05) is 5.32 Å². The molecule has 0 saturated heterocycles. The lowest BCUT2D eigenvalue weighted by Gasteiger charge is -2.21. The van der Waals surface area contributed by atoms with Crippen molar-refractivity contribution in [3.63, 3.8) is 0 Å². The molecule has 2 heteroatoms. The highest BCUT2D eigenvalue weighted by molar-refractivity contribution is 6.11. The minimum absolute atomic E-state index is 0.0964. The molecule has 0 heterocycles. The summed E-state index contributed by atoms with van der Waals surface area (Å²) in [5.41, 5.74) is 7.27. The lowest BCUT2D eigenvalue weighted by molar-refractivity contribution is -0.114. The van der Waals surface area contributed by atoms with E-state index >= 15 is 0 Å². The molecule has 0 fully saturated rings. The van der Waals surface area contributed by atoms with Gasteiger partial charge in [0.1, 0.15) is 0 Å². The number of hydrogen-bond donors (Lipinski definition) is 1. The molecule has 0 unspecified atom stereocenters. The van der Waals surface area contributed by atoms with Gasteiger partial charge in [0.15, 0.2) is 0 Å². The number of anilines is 1. The summed E-state index contributed by atoms with van der Waals surface area (Å²) in [6.07, 6.45) is 0. The van der Waals surface area contributed by atoms with Gasteiger partial charge in [-0.2, -0.15) is 0 Å². The van der Waals surface area contributed by atoms with Crippen molar-refractivity contribution in [3.8, 4) is 33.4 Å². The number of fused-ring (bicyclic) bond motifs is 3. The van der Waals surface area contributed by atoms with Crippen molar-refractivity contribution >= 4 is 43.9 Å². The molecule has 0 radical (unpaired) electrons. The number of carbonyl (C=O) groups excluding carboxylic acids is 1. The van der Waals surface area contributed by atoms with E-state index in [1.165, 1.54) is 10.8 Å². The van der Waals surface area contributed by atoms with Gasteiger partial charge in [-0.1, -0.05) is 127 Å². The highest BCUT2D eigenvalue weighted by atomic mass is 16.1. The van der Waals surface area contributed by atoms with Crippen LogP contribution in [0.3, 0.4) is 0 Å². The summed E-state index contributed by atoms with van der Waals surface area (Å²) >= 11 is 0. The smallest absolute Gasteiger partial charge is 0.221 e. The minimum atomic E-state index is -0.0964. The van der Waals surface area contributed by atoms with E-state index in [0.29, 0.717) is 0 Å². The standard InChI is InChI=1S/C38H27NO/c1-25(40)39-38-36(34-21-9-15-27-12-3-6-18-31(27)34)23-29(33-20-8-14-26-11-2-5-17-30(26)33)24-37(38)35-22-10-16-28-13-4-7-19-32(28)35/h2-24H,1H3,(H,39,40). The van der Waals surface area contributed by atoms with Crippen LogP contribution >= 0.6 is 0 Å². The van der Waals surface area contributed by atoms with Crippen LogP contribution in [0.4, 0.5) is 5.69 Å². The summed E-state index contributed by atoms with van der Waals surface area (Å²) < 4.78 is 0. The molecule has 7 aromatic rings. The average molecular weight is 514 g/mol. The Morgan fingerprint density at radius 3 is 1.27 bits per heavy atom. The third-order valence-corrected chi connectivity index (χ3v) is 7.70. The molecular formula is C38H27NO. The fourth-order valence-corrected chi connectivity index (χ4v) is 5.93. The molecule has 0 spiro atoms. The first-order valence-corrected chi connectivity index (χ1v) is 13.6. The molecule has 0 atom stereocenters. The predicted octanol–water partition coefficient (Wildman–Crippen LogP) is 10.1. The molecular weight excluding hydrogens is 486 g/mol. The molecule has 1 amide bonds. The highest BCUT2D eigenvalue weighted by Gasteiger charge is 2.19. The van der Waals surface area contributed by atoms with E-state index in [9.17, 15) is 4.79 Å². The fourth-order valence-electron chi connectivity index (χ4n) is 5.93. The highest BCUT2D eigenvalue weighted by Crippen LogP contribution is 2.45. The number of benzene rings is 7. The summed E-state index contributed by atoms with van der Waals surface area (Å²) in [4.78, 5) is 12.7. The third-order valence-electron chi connectivity index (χ3n) is 7.70. The van der Waals surface area contributed by atoms with Crippen molar-refractivity contribution < 1.29 is 4.79 Å². The zero-order valence-corrected chi connectivity index (χ0v) is 22.2. The Kier molecular flexibility index (Phi) is 5.87. The predicted molar refractivity (Wildman–Crippen MR) is 170 cm³/mol. The van der Waals surface area contributed by atoms with Crippen molar-refractivity contribution in [1.29, 1.82) is 0 Å². The first-order chi connectivity index (χ1) is 19.7. The van der Waals surface area contributed by atoms with Crippen LogP contribution in [-0.2, 0) is 4.79 Å². The van der Waals surface area contributed by atoms with E-state index < -0.39 is 0 Å². The summed E-state index contributed by atoms with van der Waals surface area (Å²) in [5.74, 6) is -0.0964. The summed E-state index contributed by atoms with van der Waals surface area (Å²) in [7, 11) is 0. The van der Waals surface area contributed by atoms with Gasteiger partial charge in [-0.25, -0.2) is 0 Å². The molecule has 0 aliphatic heterocycles. The van der Waals surface area contributed by atoms with E-state index in [4.69, 9.17) is 0 Å². The number of nitrogens with one attached hydrogen (secondary N) is 1. The molecule has 0 aliphatic rings. The van der Waals surface area contributed by atoms with Crippen molar-refractivity contribution in [2.45, 2.75) is 6.92 Å². The Hall–Kier alpha value is -5.21. The Balaban J connectivity index is 1.63. The van der Waals surface area contributed by atoms with Gasteiger partial charge in [-0.3, -0.25) is 4.79 Å². The number of amides is 1. The lowest BCUT2D eigenvalue weighted by Crippen LogP contribution is -2.09. The van der Waals surface area contributed by atoms with Gasteiger partial charge >= 0.3 is 0 Å². The van der Waals surface area contributed by atoms with Crippen LogP contribution in [0.1, 0.15) is 6.92 Å². The molecule has 7 aromatic carbocycles. The van der Waals surface area contributed by atoms with E-state index in [-0.39, 0.29) is 5.91 Å². The van der Waals surface area contributed by atoms with Crippen LogP contribution < -0.4 is 5.32 Å². The van der Waals surface area contributed by atoms with Crippen LogP contribution in [0.15, 0.2) is 140 Å². The van der Waals surface area contributed by atoms with Gasteiger partial charge in [-0.15, -0.1) is 0 Å². The number of hydrogen-bond acceptors (Lipinski definition) is 1. The largest absolute Gasteiger partial charge is 0.325 e. The second-order valence-electron chi connectivity index (χ2n) is 10.2. The van der Waals surface area contributed by atoms with Crippen molar-refractivity contribution in [3.05, 3.63) is 140 Å². The van der Waals surface area contributed by atoms with E-state index in [1.54, 1.807) is 6.92 Å². The second kappa shape index (κ2) is 9.83. The van der Waals surface area contributed by atoms with Crippen LogP contribution in [-0.4, -0.2) is 5.91 Å². The van der Waals surface area contributed by atoms with Gasteiger partial charge in [-0.05, 0) is 66.7 Å². The topological polar surface area (TPSA) is 29.1 Å². The fraction of sp³-hybridized carbons (Fsp3) is 0.0263. The molecule has 0 aromatic heterocycles. The Morgan fingerprint density at radius 1 is 0.450 bits per heavy atom. The average Bonchev–Trinajstić information content (AvgIpc) is 3.00. The van der Waals surface area contributed by atoms with E-state index in [1.807, 2.05) is 0 Å². The van der Waals surface area contributed by atoms with Crippen molar-refractivity contribution in [1.82, 2.24) is 0 Å². The maximum Gasteiger partial charge on any atom is 0.221 e. The van der Waals surface area contributed by atoms with Crippen LogP contribution in [0.5, 0.6) is 0 Å². The Morgan fingerprint density at radius 2 is 0.825 bits per heavy atom. The van der Waals surface area contributed by atoms with Gasteiger partial charge in [0.2, 0.25) is 5.91 Å². The summed E-state index contributed by atoms with van der Waals surface area (Å²) in [6, 6.07) is 49.1. The minimum Gasteiger partial charge on any atom is -0.325 e. The first-order valence-electron chi connectivity index (χ1n) is 13.6. The van der Waals surface area contributed by atoms with Crippen LogP contribution in [0.25, 0.3) is 65.7 Å². The van der Waals surface area contributed by atoms with Gasteiger partial charge in [0.25, 0.3) is 0 Å². The quantitative estimate of drug-likeness (QED) is 0.249. The number of rotatable bonds is 4. The molecule has 0 bridgehead atoms. The molecule has 40 heavy (non-hydrogen) atoms. The second-order valence-corrected chi connectivity index (χ2v) is 10.2. The lowest BCUT2D eigenvalue weighted by atomic mass is 9.87. The molecule has 7 rings (SSSR count). The molecule has 190 valence electrons. The molecule has 2 nitrogen and oxygen atoms in total.